The number of carbonyl (C=O) groups excluding carboxylic acids is 1. The molecule has 0 aliphatic carbocycles. The fourth-order valence-corrected chi connectivity index (χ4v) is 3.10. The summed E-state index contributed by atoms with van der Waals surface area (Å²) in [6, 6.07) is 6.76. The summed E-state index contributed by atoms with van der Waals surface area (Å²) < 4.78 is 4.64. The van der Waals surface area contributed by atoms with Crippen LogP contribution >= 0.6 is 11.8 Å². The number of methoxy groups -OCH3 is 1. The van der Waals surface area contributed by atoms with Crippen LogP contribution in [0.3, 0.4) is 0 Å². The number of rotatable bonds is 3. The highest BCUT2D eigenvalue weighted by Gasteiger charge is 2.17. The van der Waals surface area contributed by atoms with E-state index in [0.717, 1.165) is 22.7 Å². The van der Waals surface area contributed by atoms with Crippen LogP contribution in [0.15, 0.2) is 29.1 Å². The molecule has 2 N–H and O–H groups in total. The quantitative estimate of drug-likeness (QED) is 0.844. The average molecular weight is 303 g/mol. The van der Waals surface area contributed by atoms with Crippen molar-refractivity contribution in [3.8, 4) is 0 Å². The summed E-state index contributed by atoms with van der Waals surface area (Å²) in [6.45, 7) is 0. The number of benzene rings is 1. The van der Waals surface area contributed by atoms with Crippen molar-refractivity contribution in [1.29, 1.82) is 0 Å². The molecule has 6 nitrogen and oxygen atoms in total. The molecular weight excluding hydrogens is 290 g/mol. The van der Waals surface area contributed by atoms with Crippen molar-refractivity contribution in [2.75, 3.05) is 12.4 Å². The first-order chi connectivity index (χ1) is 10.2. The number of anilines is 2. The van der Waals surface area contributed by atoms with E-state index in [4.69, 9.17) is 0 Å². The molecule has 108 valence electrons. The molecule has 2 heterocycles. The summed E-state index contributed by atoms with van der Waals surface area (Å²) in [7, 11) is 1.34. The van der Waals surface area contributed by atoms with Crippen LogP contribution in [0.4, 0.5) is 11.6 Å². The highest BCUT2D eigenvalue weighted by Crippen LogP contribution is 2.26. The van der Waals surface area contributed by atoms with E-state index in [9.17, 15) is 9.59 Å². The van der Waals surface area contributed by atoms with Gasteiger partial charge in [-0.2, -0.15) is 11.8 Å². The van der Waals surface area contributed by atoms with Crippen LogP contribution in [0.2, 0.25) is 0 Å². The third-order valence-electron chi connectivity index (χ3n) is 3.16. The molecule has 0 fully saturated rings. The van der Waals surface area contributed by atoms with E-state index in [1.54, 1.807) is 36.0 Å². The smallest absolute Gasteiger partial charge is 0.337 e. The Hall–Kier alpha value is -2.28. The van der Waals surface area contributed by atoms with Gasteiger partial charge in [-0.1, -0.05) is 0 Å². The summed E-state index contributed by atoms with van der Waals surface area (Å²) in [4.78, 5) is 30.4. The number of nitrogens with zero attached hydrogens (tertiary/aromatic N) is 1. The predicted molar refractivity (Wildman–Crippen MR) is 80.9 cm³/mol. The first kappa shape index (κ1) is 13.7. The van der Waals surface area contributed by atoms with Crippen molar-refractivity contribution in [3.63, 3.8) is 0 Å². The van der Waals surface area contributed by atoms with Gasteiger partial charge in [0.1, 0.15) is 0 Å². The minimum absolute atomic E-state index is 0.0984. The Morgan fingerprint density at radius 1 is 1.33 bits per heavy atom. The summed E-state index contributed by atoms with van der Waals surface area (Å²) in [5, 5.41) is 3.03. The molecule has 1 aliphatic heterocycles. The first-order valence-corrected chi connectivity index (χ1v) is 7.48. The molecular formula is C14H13N3O3S. The van der Waals surface area contributed by atoms with Crippen LogP contribution in [0.25, 0.3) is 0 Å². The molecule has 1 aromatic heterocycles. The standard InChI is InChI=1S/C14H13N3O3S/c1-20-13(19)8-2-4-9(5-3-8)15-14-16-11-7-21-6-10(11)12(18)17-14/h2-5H,6-7H2,1H3,(H2,15,16,17,18). The summed E-state index contributed by atoms with van der Waals surface area (Å²) in [6.07, 6.45) is 0. The van der Waals surface area contributed by atoms with Crippen LogP contribution in [-0.2, 0) is 16.2 Å². The van der Waals surface area contributed by atoms with Crippen molar-refractivity contribution in [1.82, 2.24) is 9.97 Å². The van der Waals surface area contributed by atoms with Gasteiger partial charge in [-0.05, 0) is 24.3 Å². The van der Waals surface area contributed by atoms with Crippen molar-refractivity contribution < 1.29 is 9.53 Å². The normalized spacial score (nSPS) is 12.8. The van der Waals surface area contributed by atoms with Crippen molar-refractivity contribution in [3.05, 3.63) is 51.4 Å². The van der Waals surface area contributed by atoms with E-state index in [0.29, 0.717) is 17.3 Å². The third kappa shape index (κ3) is 2.78. The Labute approximate surface area is 124 Å². The monoisotopic (exact) mass is 303 g/mol. The molecule has 0 unspecified atom stereocenters. The lowest BCUT2D eigenvalue weighted by Gasteiger charge is -2.07. The van der Waals surface area contributed by atoms with Gasteiger partial charge in [-0.25, -0.2) is 9.78 Å². The number of hydrogen-bond acceptors (Lipinski definition) is 6. The van der Waals surface area contributed by atoms with E-state index in [-0.39, 0.29) is 11.5 Å². The van der Waals surface area contributed by atoms with Crippen LogP contribution in [0.1, 0.15) is 21.6 Å². The minimum Gasteiger partial charge on any atom is -0.465 e. The van der Waals surface area contributed by atoms with Gasteiger partial charge < -0.3 is 10.1 Å². The van der Waals surface area contributed by atoms with Gasteiger partial charge in [-0.15, -0.1) is 0 Å². The van der Waals surface area contributed by atoms with Gasteiger partial charge in [0.25, 0.3) is 5.56 Å². The van der Waals surface area contributed by atoms with Crippen LogP contribution in [0, 0.1) is 0 Å². The van der Waals surface area contributed by atoms with Crippen LogP contribution in [-0.4, -0.2) is 23.0 Å². The minimum atomic E-state index is -0.386. The van der Waals surface area contributed by atoms with Gasteiger partial charge in [0.2, 0.25) is 5.95 Å². The number of fused-ring (bicyclic) bond motifs is 1. The number of H-pyrrole nitrogens is 1. The molecule has 0 spiro atoms. The molecule has 0 saturated heterocycles. The number of ether oxygens (including phenoxy) is 1. The second kappa shape index (κ2) is 5.61. The Kier molecular flexibility index (Phi) is 3.66. The molecule has 21 heavy (non-hydrogen) atoms. The van der Waals surface area contributed by atoms with E-state index in [1.807, 2.05) is 0 Å². The molecule has 0 radical (unpaired) electrons. The van der Waals surface area contributed by atoms with Gasteiger partial charge in [0.15, 0.2) is 0 Å². The fraction of sp³-hybridized carbons (Fsp3) is 0.214. The lowest BCUT2D eigenvalue weighted by molar-refractivity contribution is 0.0601. The van der Waals surface area contributed by atoms with Crippen LogP contribution in [0.5, 0.6) is 0 Å². The number of hydrogen-bond donors (Lipinski definition) is 2. The molecule has 1 aromatic carbocycles. The number of nitrogens with one attached hydrogen (secondary N) is 2. The van der Waals surface area contributed by atoms with E-state index in [2.05, 4.69) is 20.0 Å². The SMILES string of the molecule is COC(=O)c1ccc(Nc2nc3c(c(=O)[nH]2)CSC3)cc1. The molecule has 3 rings (SSSR count). The zero-order chi connectivity index (χ0) is 14.8. The zero-order valence-electron chi connectivity index (χ0n) is 11.3. The Balaban J connectivity index is 1.82. The molecule has 7 heteroatoms. The largest absolute Gasteiger partial charge is 0.465 e. The molecule has 0 atom stereocenters. The number of aromatic amines is 1. The number of carbonyl (C=O) groups is 1. The molecule has 1 aliphatic rings. The second-order valence-corrected chi connectivity index (χ2v) is 5.51. The lowest BCUT2D eigenvalue weighted by Crippen LogP contribution is -2.16. The Bertz CT molecular complexity index is 740. The number of thioether (sulfide) groups is 1. The summed E-state index contributed by atoms with van der Waals surface area (Å²) in [5.74, 6) is 1.50. The molecule has 0 saturated carbocycles. The van der Waals surface area contributed by atoms with Gasteiger partial charge >= 0.3 is 5.97 Å². The van der Waals surface area contributed by atoms with Gasteiger partial charge in [-0.3, -0.25) is 9.78 Å². The third-order valence-corrected chi connectivity index (χ3v) is 4.13. The Morgan fingerprint density at radius 2 is 2.10 bits per heavy atom. The average Bonchev–Trinajstić information content (AvgIpc) is 2.96. The maximum absolute atomic E-state index is 11.9. The van der Waals surface area contributed by atoms with Crippen LogP contribution < -0.4 is 10.9 Å². The molecule has 0 bridgehead atoms. The fourth-order valence-electron chi connectivity index (χ4n) is 2.07. The topological polar surface area (TPSA) is 84.1 Å². The summed E-state index contributed by atoms with van der Waals surface area (Å²) in [5.41, 5.74) is 2.69. The maximum Gasteiger partial charge on any atom is 0.337 e. The van der Waals surface area contributed by atoms with Gasteiger partial charge in [0.05, 0.1) is 18.4 Å². The highest BCUT2D eigenvalue weighted by molar-refractivity contribution is 7.98. The Morgan fingerprint density at radius 3 is 2.81 bits per heavy atom. The van der Waals surface area contributed by atoms with E-state index < -0.39 is 0 Å². The van der Waals surface area contributed by atoms with Crippen molar-refractivity contribution >= 4 is 29.4 Å². The molecule has 2 aromatic rings. The van der Waals surface area contributed by atoms with E-state index in [1.165, 1.54) is 7.11 Å². The number of aromatic nitrogens is 2. The predicted octanol–water partition coefficient (Wildman–Crippen LogP) is 2.05. The second-order valence-electron chi connectivity index (χ2n) is 4.53. The zero-order valence-corrected chi connectivity index (χ0v) is 12.1. The maximum atomic E-state index is 11.9. The van der Waals surface area contributed by atoms with Gasteiger partial charge in [0, 0.05) is 22.8 Å². The lowest BCUT2D eigenvalue weighted by atomic mass is 10.2. The van der Waals surface area contributed by atoms with E-state index >= 15 is 0 Å². The molecule has 0 amide bonds. The summed E-state index contributed by atoms with van der Waals surface area (Å²) >= 11 is 1.68. The number of esters is 1. The highest BCUT2D eigenvalue weighted by atomic mass is 32.2. The van der Waals surface area contributed by atoms with Crippen molar-refractivity contribution in [2.24, 2.45) is 0 Å². The first-order valence-electron chi connectivity index (χ1n) is 6.32. The van der Waals surface area contributed by atoms with Crippen molar-refractivity contribution in [2.45, 2.75) is 11.5 Å².